The number of hydrogen-bond donors (Lipinski definition) is 1. The highest BCUT2D eigenvalue weighted by molar-refractivity contribution is 5.95. The van der Waals surface area contributed by atoms with Crippen molar-refractivity contribution in [1.29, 1.82) is 0 Å². The molecule has 2 rings (SSSR count). The van der Waals surface area contributed by atoms with E-state index in [4.69, 9.17) is 0 Å². The monoisotopic (exact) mass is 200 g/mol. The van der Waals surface area contributed by atoms with E-state index in [0.29, 0.717) is 0 Å². The van der Waals surface area contributed by atoms with Crippen molar-refractivity contribution in [3.05, 3.63) is 60.4 Å². The normalized spacial score (nSPS) is 20.7. The molecule has 0 fully saturated rings. The van der Waals surface area contributed by atoms with Gasteiger partial charge in [-0.1, -0.05) is 48.6 Å². The number of aliphatic hydroxyl groups excluding tert-OH is 1. The highest BCUT2D eigenvalue weighted by Gasteiger charge is 2.15. The second-order valence-corrected chi connectivity index (χ2v) is 3.56. The number of rotatable bonds is 3. The Kier molecular flexibility index (Phi) is 2.68. The minimum absolute atomic E-state index is 0.0776. The molecule has 1 N–H and O–H groups in total. The Bertz CT molecular complexity index is 384. The van der Waals surface area contributed by atoms with Gasteiger partial charge in [-0.05, 0) is 0 Å². The van der Waals surface area contributed by atoms with Crippen molar-refractivity contribution in [2.45, 2.75) is 0 Å². The Morgan fingerprint density at radius 1 is 0.933 bits per heavy atom. The van der Waals surface area contributed by atoms with Crippen LogP contribution in [0.25, 0.3) is 0 Å². The summed E-state index contributed by atoms with van der Waals surface area (Å²) in [6.45, 7) is 0. The number of hydrogen-bond acceptors (Lipinski definition) is 2. The third-order valence-corrected chi connectivity index (χ3v) is 2.46. The predicted molar refractivity (Wildman–Crippen MR) is 59.3 cm³/mol. The van der Waals surface area contributed by atoms with Crippen LogP contribution in [0.4, 0.5) is 0 Å². The van der Waals surface area contributed by atoms with E-state index in [1.807, 2.05) is 48.6 Å². The van der Waals surface area contributed by atoms with Gasteiger partial charge in [-0.2, -0.15) is 0 Å². The molecule has 76 valence electrons. The molecule has 0 aromatic rings. The Morgan fingerprint density at radius 3 is 1.93 bits per heavy atom. The molecular formula is C13H12O2. The van der Waals surface area contributed by atoms with E-state index in [0.717, 1.165) is 0 Å². The van der Waals surface area contributed by atoms with Gasteiger partial charge in [-0.15, -0.1) is 0 Å². The average molecular weight is 200 g/mol. The summed E-state index contributed by atoms with van der Waals surface area (Å²) in [5, 5.41) is 9.67. The summed E-state index contributed by atoms with van der Waals surface area (Å²) in [6.07, 6.45) is 16.0. The first-order chi connectivity index (χ1) is 7.27. The van der Waals surface area contributed by atoms with Gasteiger partial charge in [-0.3, -0.25) is 4.79 Å². The molecule has 2 aliphatic rings. The van der Waals surface area contributed by atoms with E-state index in [1.165, 1.54) is 6.08 Å². The van der Waals surface area contributed by atoms with Gasteiger partial charge in [0.15, 0.2) is 5.78 Å². The second kappa shape index (κ2) is 4.13. The van der Waals surface area contributed by atoms with Gasteiger partial charge in [-0.25, -0.2) is 0 Å². The van der Waals surface area contributed by atoms with E-state index < -0.39 is 0 Å². The fourth-order valence-corrected chi connectivity index (χ4v) is 1.59. The van der Waals surface area contributed by atoms with Crippen LogP contribution in [0.1, 0.15) is 0 Å². The van der Waals surface area contributed by atoms with Crippen LogP contribution in [0.3, 0.4) is 0 Å². The van der Waals surface area contributed by atoms with Crippen molar-refractivity contribution < 1.29 is 9.90 Å². The first kappa shape index (κ1) is 9.71. The zero-order chi connectivity index (χ0) is 10.7. The van der Waals surface area contributed by atoms with Crippen molar-refractivity contribution in [1.82, 2.24) is 0 Å². The minimum Gasteiger partial charge on any atom is -0.511 e. The molecule has 2 heteroatoms. The summed E-state index contributed by atoms with van der Waals surface area (Å²) in [4.78, 5) is 11.6. The molecule has 0 radical (unpaired) electrons. The lowest BCUT2D eigenvalue weighted by molar-refractivity contribution is -0.115. The van der Waals surface area contributed by atoms with Crippen LogP contribution in [0.2, 0.25) is 0 Å². The molecular weight excluding hydrogens is 188 g/mol. The molecule has 0 bridgehead atoms. The van der Waals surface area contributed by atoms with Crippen molar-refractivity contribution in [3.63, 3.8) is 0 Å². The molecule has 0 aromatic carbocycles. The van der Waals surface area contributed by atoms with Gasteiger partial charge in [0.25, 0.3) is 0 Å². The molecule has 2 aliphatic carbocycles. The van der Waals surface area contributed by atoms with E-state index in [9.17, 15) is 9.90 Å². The van der Waals surface area contributed by atoms with Gasteiger partial charge >= 0.3 is 0 Å². The summed E-state index contributed by atoms with van der Waals surface area (Å²) < 4.78 is 0. The summed E-state index contributed by atoms with van der Waals surface area (Å²) in [7, 11) is 0. The zero-order valence-corrected chi connectivity index (χ0v) is 8.21. The smallest absolute Gasteiger partial charge is 0.169 e. The lowest BCUT2D eigenvalue weighted by atomic mass is 10.0. The van der Waals surface area contributed by atoms with Crippen LogP contribution in [-0.4, -0.2) is 10.9 Å². The fourth-order valence-electron chi connectivity index (χ4n) is 1.59. The lowest BCUT2D eigenvalue weighted by Gasteiger charge is -2.05. The summed E-state index contributed by atoms with van der Waals surface area (Å²) in [5.74, 6) is -0.310. The first-order valence-electron chi connectivity index (χ1n) is 4.92. The number of ketones is 1. The van der Waals surface area contributed by atoms with E-state index >= 15 is 0 Å². The van der Waals surface area contributed by atoms with Crippen molar-refractivity contribution >= 4 is 5.78 Å². The van der Waals surface area contributed by atoms with Gasteiger partial charge in [0.2, 0.25) is 0 Å². The standard InChI is InChI=1S/C13H12O2/c14-12(10-5-1-2-6-10)9-13(15)11-7-3-4-8-11/h1-11,14H/b12-9-. The quantitative estimate of drug-likeness (QED) is 0.561. The predicted octanol–water partition coefficient (Wildman–Crippen LogP) is 2.48. The van der Waals surface area contributed by atoms with Gasteiger partial charge < -0.3 is 5.11 Å². The summed E-state index contributed by atoms with van der Waals surface area (Å²) in [5.41, 5.74) is 0. The van der Waals surface area contributed by atoms with Gasteiger partial charge in [0, 0.05) is 6.08 Å². The largest absolute Gasteiger partial charge is 0.511 e. The van der Waals surface area contributed by atoms with Crippen molar-refractivity contribution in [2.24, 2.45) is 11.8 Å². The highest BCUT2D eigenvalue weighted by atomic mass is 16.3. The maximum Gasteiger partial charge on any atom is 0.169 e. The highest BCUT2D eigenvalue weighted by Crippen LogP contribution is 2.18. The van der Waals surface area contributed by atoms with Crippen LogP contribution in [0.15, 0.2) is 60.4 Å². The Morgan fingerprint density at radius 2 is 1.40 bits per heavy atom. The molecule has 0 amide bonds. The molecule has 0 aliphatic heterocycles. The Labute approximate surface area is 88.6 Å². The van der Waals surface area contributed by atoms with Crippen LogP contribution >= 0.6 is 0 Å². The number of carbonyl (C=O) groups is 1. The number of allylic oxidation sites excluding steroid dienone is 8. The molecule has 0 heterocycles. The molecule has 0 spiro atoms. The molecule has 0 unspecified atom stereocenters. The Hall–Kier alpha value is -1.83. The van der Waals surface area contributed by atoms with Crippen LogP contribution in [-0.2, 0) is 4.79 Å². The number of aliphatic hydroxyl groups is 1. The van der Waals surface area contributed by atoms with E-state index in [-0.39, 0.29) is 23.4 Å². The Balaban J connectivity index is 2.05. The van der Waals surface area contributed by atoms with Crippen LogP contribution in [0.5, 0.6) is 0 Å². The van der Waals surface area contributed by atoms with Gasteiger partial charge in [0.1, 0.15) is 5.76 Å². The molecule has 0 aromatic heterocycles. The molecule has 0 saturated carbocycles. The molecule has 0 saturated heterocycles. The zero-order valence-electron chi connectivity index (χ0n) is 8.21. The van der Waals surface area contributed by atoms with Crippen molar-refractivity contribution in [2.75, 3.05) is 0 Å². The third kappa shape index (κ3) is 2.15. The van der Waals surface area contributed by atoms with Crippen LogP contribution < -0.4 is 0 Å². The average Bonchev–Trinajstić information content (AvgIpc) is 2.91. The summed E-state index contributed by atoms with van der Waals surface area (Å²) >= 11 is 0. The molecule has 15 heavy (non-hydrogen) atoms. The molecule has 0 atom stereocenters. The summed E-state index contributed by atoms with van der Waals surface area (Å²) in [6, 6.07) is 0. The third-order valence-electron chi connectivity index (χ3n) is 2.46. The fraction of sp³-hybridized carbons (Fsp3) is 0.154. The minimum atomic E-state index is -0.207. The van der Waals surface area contributed by atoms with Crippen LogP contribution in [0, 0.1) is 11.8 Å². The lowest BCUT2D eigenvalue weighted by Crippen LogP contribution is -2.07. The van der Waals surface area contributed by atoms with Crippen molar-refractivity contribution in [3.8, 4) is 0 Å². The van der Waals surface area contributed by atoms with Gasteiger partial charge in [0.05, 0.1) is 11.8 Å². The topological polar surface area (TPSA) is 37.3 Å². The van der Waals surface area contributed by atoms with E-state index in [2.05, 4.69) is 0 Å². The number of carbonyl (C=O) groups excluding carboxylic acids is 1. The SMILES string of the molecule is O=C(/C=C(\O)C1C=CC=C1)C1C=CC=C1. The maximum absolute atomic E-state index is 11.6. The van der Waals surface area contributed by atoms with E-state index in [1.54, 1.807) is 0 Å². The first-order valence-corrected chi connectivity index (χ1v) is 4.92. The molecule has 2 nitrogen and oxygen atoms in total. The maximum atomic E-state index is 11.6. The second-order valence-electron chi connectivity index (χ2n) is 3.56.